The van der Waals surface area contributed by atoms with Crippen LogP contribution in [0, 0.1) is 0 Å². The third-order valence-electron chi connectivity index (χ3n) is 2.41. The van der Waals surface area contributed by atoms with Crippen molar-refractivity contribution in [1.82, 2.24) is 10.6 Å². The van der Waals surface area contributed by atoms with E-state index in [4.69, 9.17) is 4.42 Å². The van der Waals surface area contributed by atoms with Gasteiger partial charge in [0.15, 0.2) is 0 Å². The van der Waals surface area contributed by atoms with Gasteiger partial charge in [0, 0.05) is 6.04 Å². The maximum absolute atomic E-state index is 5.01. The minimum atomic E-state index is 0.704. The Morgan fingerprint density at radius 2 is 2.12 bits per heavy atom. The summed E-state index contributed by atoms with van der Waals surface area (Å²) in [6.07, 6.45) is 5.65. The zero-order valence-corrected chi connectivity index (χ0v) is 11.0. The van der Waals surface area contributed by atoms with Crippen molar-refractivity contribution in [3.05, 3.63) is 24.2 Å². The second kappa shape index (κ2) is 10.7. The molecule has 0 radical (unpaired) electrons. The molecule has 0 aromatic carbocycles. The quantitative estimate of drug-likeness (QED) is 0.783. The molecule has 0 fully saturated rings. The summed E-state index contributed by atoms with van der Waals surface area (Å²) in [4.78, 5) is 0. The molecule has 0 saturated carbocycles. The van der Waals surface area contributed by atoms with Crippen molar-refractivity contribution in [1.29, 1.82) is 0 Å². The number of unbranched alkanes of at least 4 members (excludes halogenated alkanes) is 1. The molecule has 0 saturated heterocycles. The van der Waals surface area contributed by atoms with Gasteiger partial charge in [-0.05, 0) is 39.6 Å². The molecule has 0 aliphatic carbocycles. The van der Waals surface area contributed by atoms with Gasteiger partial charge in [-0.15, -0.1) is 0 Å². The lowest BCUT2D eigenvalue weighted by atomic mass is 10.1. The van der Waals surface area contributed by atoms with E-state index in [-0.39, 0.29) is 0 Å². The Hall–Kier alpha value is -0.800. The Morgan fingerprint density at radius 1 is 1.38 bits per heavy atom. The number of hydrogen-bond acceptors (Lipinski definition) is 3. The molecule has 1 heterocycles. The lowest BCUT2D eigenvalue weighted by molar-refractivity contribution is 0.495. The van der Waals surface area contributed by atoms with Crippen LogP contribution in [-0.4, -0.2) is 20.1 Å². The number of hydrogen-bond donors (Lipinski definition) is 2. The summed E-state index contributed by atoms with van der Waals surface area (Å²) in [6.45, 7) is 5.26. The first-order valence-corrected chi connectivity index (χ1v) is 6.08. The van der Waals surface area contributed by atoms with Crippen LogP contribution < -0.4 is 10.6 Å². The standard InChI is InChI=1S/C7H17N.C6H9NO/c1-4-5-6-7(2)8-3;1-7-5-6-3-2-4-8-6/h7-8H,4-6H2,1-3H3;2-4,7H,5H2,1H3. The van der Waals surface area contributed by atoms with Crippen LogP contribution in [0.15, 0.2) is 22.8 Å². The number of furan rings is 1. The van der Waals surface area contributed by atoms with Gasteiger partial charge in [-0.2, -0.15) is 0 Å². The van der Waals surface area contributed by atoms with Crippen molar-refractivity contribution >= 4 is 0 Å². The van der Waals surface area contributed by atoms with Crippen LogP contribution in [0.4, 0.5) is 0 Å². The van der Waals surface area contributed by atoms with Crippen molar-refractivity contribution in [2.75, 3.05) is 14.1 Å². The fourth-order valence-electron chi connectivity index (χ4n) is 1.24. The number of nitrogens with one attached hydrogen (secondary N) is 2. The Kier molecular flexibility index (Phi) is 10.2. The van der Waals surface area contributed by atoms with E-state index in [1.165, 1.54) is 19.3 Å². The van der Waals surface area contributed by atoms with Gasteiger partial charge in [-0.1, -0.05) is 19.8 Å². The van der Waals surface area contributed by atoms with Gasteiger partial charge in [0.25, 0.3) is 0 Å². The topological polar surface area (TPSA) is 37.2 Å². The van der Waals surface area contributed by atoms with Gasteiger partial charge < -0.3 is 15.1 Å². The van der Waals surface area contributed by atoms with E-state index in [1.807, 2.05) is 26.2 Å². The van der Waals surface area contributed by atoms with Gasteiger partial charge in [0.05, 0.1) is 12.8 Å². The Morgan fingerprint density at radius 3 is 2.56 bits per heavy atom. The summed E-state index contributed by atoms with van der Waals surface area (Å²) in [5.74, 6) is 0.979. The van der Waals surface area contributed by atoms with Crippen LogP contribution >= 0.6 is 0 Å². The van der Waals surface area contributed by atoms with Crippen molar-refractivity contribution in [2.45, 2.75) is 45.7 Å². The molecule has 0 amide bonds. The van der Waals surface area contributed by atoms with E-state index in [2.05, 4.69) is 24.5 Å². The monoisotopic (exact) mass is 226 g/mol. The highest BCUT2D eigenvalue weighted by Crippen LogP contribution is 1.97. The van der Waals surface area contributed by atoms with E-state index in [0.29, 0.717) is 6.04 Å². The normalized spacial score (nSPS) is 11.8. The van der Waals surface area contributed by atoms with Gasteiger partial charge >= 0.3 is 0 Å². The second-order valence-electron chi connectivity index (χ2n) is 3.94. The molecular weight excluding hydrogens is 200 g/mol. The van der Waals surface area contributed by atoms with Gasteiger partial charge in [-0.3, -0.25) is 0 Å². The predicted molar refractivity (Wildman–Crippen MR) is 69.5 cm³/mol. The molecule has 1 atom stereocenters. The first-order valence-electron chi connectivity index (χ1n) is 6.08. The minimum absolute atomic E-state index is 0.704. The molecule has 0 aliphatic rings. The lowest BCUT2D eigenvalue weighted by Crippen LogP contribution is -2.20. The molecule has 94 valence electrons. The Bertz CT molecular complexity index is 222. The molecule has 0 spiro atoms. The largest absolute Gasteiger partial charge is 0.468 e. The van der Waals surface area contributed by atoms with Crippen LogP contribution in [0.25, 0.3) is 0 Å². The first-order chi connectivity index (χ1) is 7.74. The van der Waals surface area contributed by atoms with E-state index in [0.717, 1.165) is 12.3 Å². The van der Waals surface area contributed by atoms with Gasteiger partial charge in [-0.25, -0.2) is 0 Å². The highest BCUT2D eigenvalue weighted by atomic mass is 16.3. The van der Waals surface area contributed by atoms with Crippen LogP contribution in [0.5, 0.6) is 0 Å². The molecule has 1 aromatic heterocycles. The molecule has 3 heteroatoms. The predicted octanol–water partition coefficient (Wildman–Crippen LogP) is 2.78. The average Bonchev–Trinajstić information content (AvgIpc) is 2.80. The Balaban J connectivity index is 0.000000281. The van der Waals surface area contributed by atoms with E-state index in [9.17, 15) is 0 Å². The number of rotatable bonds is 6. The minimum Gasteiger partial charge on any atom is -0.468 e. The van der Waals surface area contributed by atoms with Gasteiger partial charge in [0.1, 0.15) is 5.76 Å². The summed E-state index contributed by atoms with van der Waals surface area (Å²) in [5.41, 5.74) is 0. The first kappa shape index (κ1) is 15.2. The van der Waals surface area contributed by atoms with Crippen LogP contribution in [0.2, 0.25) is 0 Å². The van der Waals surface area contributed by atoms with Crippen molar-refractivity contribution in [3.8, 4) is 0 Å². The smallest absolute Gasteiger partial charge is 0.117 e. The molecular formula is C13H26N2O. The molecule has 16 heavy (non-hydrogen) atoms. The lowest BCUT2D eigenvalue weighted by Gasteiger charge is -2.06. The summed E-state index contributed by atoms with van der Waals surface area (Å²) < 4.78 is 5.01. The highest BCUT2D eigenvalue weighted by molar-refractivity contribution is 4.96. The third kappa shape index (κ3) is 8.50. The fourth-order valence-corrected chi connectivity index (χ4v) is 1.24. The zero-order chi connectivity index (χ0) is 12.2. The highest BCUT2D eigenvalue weighted by Gasteiger charge is 1.93. The molecule has 1 aromatic rings. The molecule has 1 unspecified atom stereocenters. The van der Waals surface area contributed by atoms with E-state index >= 15 is 0 Å². The second-order valence-corrected chi connectivity index (χ2v) is 3.94. The molecule has 3 nitrogen and oxygen atoms in total. The van der Waals surface area contributed by atoms with Crippen LogP contribution in [0.3, 0.4) is 0 Å². The fraction of sp³-hybridized carbons (Fsp3) is 0.692. The summed E-state index contributed by atoms with van der Waals surface area (Å²) in [6, 6.07) is 4.53. The maximum atomic E-state index is 5.01. The maximum Gasteiger partial charge on any atom is 0.117 e. The van der Waals surface area contributed by atoms with E-state index < -0.39 is 0 Å². The van der Waals surface area contributed by atoms with Crippen LogP contribution in [0.1, 0.15) is 38.9 Å². The van der Waals surface area contributed by atoms with E-state index in [1.54, 1.807) is 6.26 Å². The SMILES string of the molecule is CCCCC(C)NC.CNCc1ccco1. The Labute approximate surface area is 99.6 Å². The van der Waals surface area contributed by atoms with Crippen LogP contribution in [-0.2, 0) is 6.54 Å². The average molecular weight is 226 g/mol. The zero-order valence-electron chi connectivity index (χ0n) is 11.0. The summed E-state index contributed by atoms with van der Waals surface area (Å²) in [7, 11) is 3.91. The summed E-state index contributed by atoms with van der Waals surface area (Å²) >= 11 is 0. The third-order valence-corrected chi connectivity index (χ3v) is 2.41. The summed E-state index contributed by atoms with van der Waals surface area (Å²) in [5, 5.41) is 6.18. The van der Waals surface area contributed by atoms with Crippen molar-refractivity contribution < 1.29 is 4.42 Å². The molecule has 0 aliphatic heterocycles. The van der Waals surface area contributed by atoms with Crippen molar-refractivity contribution in [3.63, 3.8) is 0 Å². The molecule has 2 N–H and O–H groups in total. The molecule has 1 rings (SSSR count). The van der Waals surface area contributed by atoms with Gasteiger partial charge in [0.2, 0.25) is 0 Å². The van der Waals surface area contributed by atoms with Crippen molar-refractivity contribution in [2.24, 2.45) is 0 Å². The molecule has 0 bridgehead atoms.